The van der Waals surface area contributed by atoms with E-state index < -0.39 is 0 Å². The minimum absolute atomic E-state index is 0.232. The summed E-state index contributed by atoms with van der Waals surface area (Å²) in [6.07, 6.45) is 0.238. The van der Waals surface area contributed by atoms with Crippen molar-refractivity contribution in [2.45, 2.75) is 19.4 Å². The number of benzene rings is 1. The molecule has 1 atom stereocenters. The molecule has 0 aliphatic carbocycles. The van der Waals surface area contributed by atoms with E-state index in [1.165, 1.54) is 12.1 Å². The molecule has 0 saturated carbocycles. The topological polar surface area (TPSA) is 78.9 Å². The number of carbonyl (C=O) groups excluding carboxylic acids is 1. The highest BCUT2D eigenvalue weighted by Crippen LogP contribution is 2.28. The number of anilines is 1. The molecule has 3 N–H and O–H groups in total. The molecular formula is C11H11Cl2N3O. The van der Waals surface area contributed by atoms with Gasteiger partial charge >= 0.3 is 0 Å². The lowest BCUT2D eigenvalue weighted by Gasteiger charge is -2.11. The highest BCUT2D eigenvalue weighted by molar-refractivity contribution is 6.39. The number of carbonyl (C=O) groups is 1. The number of nitrogens with zero attached hydrogens (tertiary/aromatic N) is 1. The lowest BCUT2D eigenvalue weighted by molar-refractivity contribution is 0.0941. The fourth-order valence-electron chi connectivity index (χ4n) is 1.21. The molecule has 0 aromatic heterocycles. The lowest BCUT2D eigenvalue weighted by Crippen LogP contribution is -2.32. The zero-order valence-corrected chi connectivity index (χ0v) is 10.6. The summed E-state index contributed by atoms with van der Waals surface area (Å²) in [6, 6.07) is 4.62. The molecule has 1 unspecified atom stereocenters. The molecule has 1 amide bonds. The number of nitrogens with one attached hydrogen (secondary N) is 1. The number of amides is 1. The van der Waals surface area contributed by atoms with E-state index in [1.807, 2.05) is 6.07 Å². The number of rotatable bonds is 3. The van der Waals surface area contributed by atoms with Crippen LogP contribution in [0.15, 0.2) is 12.1 Å². The van der Waals surface area contributed by atoms with Gasteiger partial charge in [-0.25, -0.2) is 0 Å². The average molecular weight is 272 g/mol. The van der Waals surface area contributed by atoms with Gasteiger partial charge in [-0.3, -0.25) is 4.79 Å². The smallest absolute Gasteiger partial charge is 0.251 e. The fourth-order valence-corrected chi connectivity index (χ4v) is 1.70. The van der Waals surface area contributed by atoms with Crippen LogP contribution in [-0.4, -0.2) is 11.9 Å². The van der Waals surface area contributed by atoms with E-state index >= 15 is 0 Å². The highest BCUT2D eigenvalue weighted by atomic mass is 35.5. The number of nitrogens with two attached hydrogens (primary N) is 1. The number of hydrogen-bond acceptors (Lipinski definition) is 3. The van der Waals surface area contributed by atoms with Gasteiger partial charge in [0.25, 0.3) is 5.91 Å². The van der Waals surface area contributed by atoms with E-state index in [4.69, 9.17) is 34.2 Å². The van der Waals surface area contributed by atoms with E-state index in [1.54, 1.807) is 6.92 Å². The Morgan fingerprint density at radius 3 is 2.53 bits per heavy atom. The number of nitriles is 1. The van der Waals surface area contributed by atoms with E-state index in [0.29, 0.717) is 5.56 Å². The summed E-state index contributed by atoms with van der Waals surface area (Å²) in [5.41, 5.74) is 6.13. The third-order valence-electron chi connectivity index (χ3n) is 2.12. The Morgan fingerprint density at radius 2 is 2.06 bits per heavy atom. The molecule has 0 heterocycles. The van der Waals surface area contributed by atoms with Crippen molar-refractivity contribution in [1.29, 1.82) is 5.26 Å². The first kappa shape index (κ1) is 13.6. The number of nitrogen functional groups attached to an aromatic ring is 1. The van der Waals surface area contributed by atoms with Crippen molar-refractivity contribution in [2.75, 3.05) is 5.73 Å². The Balaban J connectivity index is 2.87. The van der Waals surface area contributed by atoms with Crippen molar-refractivity contribution in [3.8, 4) is 6.07 Å². The molecule has 0 radical (unpaired) electrons. The summed E-state index contributed by atoms with van der Waals surface area (Å²) in [7, 11) is 0. The van der Waals surface area contributed by atoms with Crippen molar-refractivity contribution in [2.24, 2.45) is 0 Å². The molecule has 1 aromatic carbocycles. The zero-order valence-electron chi connectivity index (χ0n) is 9.13. The molecule has 1 rings (SSSR count). The molecule has 0 fully saturated rings. The Labute approximate surface area is 109 Å². The first-order valence-electron chi connectivity index (χ1n) is 4.88. The van der Waals surface area contributed by atoms with Gasteiger partial charge < -0.3 is 11.1 Å². The first-order valence-corrected chi connectivity index (χ1v) is 5.63. The molecule has 17 heavy (non-hydrogen) atoms. The van der Waals surface area contributed by atoms with Gasteiger partial charge in [0, 0.05) is 11.6 Å². The molecule has 1 aromatic rings. The third-order valence-corrected chi connectivity index (χ3v) is 2.74. The summed E-state index contributed by atoms with van der Waals surface area (Å²) in [6.45, 7) is 1.74. The fraction of sp³-hybridized carbons (Fsp3) is 0.273. The Bertz CT molecular complexity index is 459. The molecule has 4 nitrogen and oxygen atoms in total. The van der Waals surface area contributed by atoms with Crippen LogP contribution >= 0.6 is 23.2 Å². The van der Waals surface area contributed by atoms with Crippen LogP contribution in [-0.2, 0) is 0 Å². The maximum atomic E-state index is 11.8. The summed E-state index contributed by atoms with van der Waals surface area (Å²) in [5.74, 6) is -0.337. The second kappa shape index (κ2) is 5.76. The Kier molecular flexibility index (Phi) is 4.62. The predicted molar refractivity (Wildman–Crippen MR) is 68.0 cm³/mol. The van der Waals surface area contributed by atoms with Crippen LogP contribution in [0.3, 0.4) is 0 Å². The molecule has 0 aliphatic heterocycles. The van der Waals surface area contributed by atoms with E-state index in [9.17, 15) is 4.79 Å². The van der Waals surface area contributed by atoms with Crippen LogP contribution in [0, 0.1) is 11.3 Å². The van der Waals surface area contributed by atoms with Crippen molar-refractivity contribution in [3.63, 3.8) is 0 Å². The van der Waals surface area contributed by atoms with Crippen LogP contribution in [0.4, 0.5) is 5.69 Å². The summed E-state index contributed by atoms with van der Waals surface area (Å²) < 4.78 is 0. The zero-order chi connectivity index (χ0) is 13.0. The average Bonchev–Trinajstić information content (AvgIpc) is 2.25. The molecule has 6 heteroatoms. The lowest BCUT2D eigenvalue weighted by atomic mass is 10.1. The van der Waals surface area contributed by atoms with Gasteiger partial charge in [-0.2, -0.15) is 5.26 Å². The predicted octanol–water partition coefficient (Wildman–Crippen LogP) is 2.61. The van der Waals surface area contributed by atoms with E-state index in [-0.39, 0.29) is 34.1 Å². The summed E-state index contributed by atoms with van der Waals surface area (Å²) in [4.78, 5) is 11.8. The molecule has 90 valence electrons. The Hall–Kier alpha value is -1.44. The normalized spacial score (nSPS) is 11.6. The molecule has 0 saturated heterocycles. The van der Waals surface area contributed by atoms with Crippen LogP contribution in [0.25, 0.3) is 0 Å². The minimum atomic E-state index is -0.337. The van der Waals surface area contributed by atoms with Crippen LogP contribution in [0.5, 0.6) is 0 Å². The van der Waals surface area contributed by atoms with Crippen molar-refractivity contribution in [1.82, 2.24) is 5.32 Å². The summed E-state index contributed by atoms with van der Waals surface area (Å²) >= 11 is 11.6. The van der Waals surface area contributed by atoms with E-state index in [0.717, 1.165) is 0 Å². The Morgan fingerprint density at radius 1 is 1.53 bits per heavy atom. The third kappa shape index (κ3) is 3.52. The van der Waals surface area contributed by atoms with Crippen LogP contribution < -0.4 is 11.1 Å². The first-order chi connectivity index (χ1) is 7.95. The highest BCUT2D eigenvalue weighted by Gasteiger charge is 2.13. The van der Waals surface area contributed by atoms with Gasteiger partial charge in [0.15, 0.2) is 0 Å². The van der Waals surface area contributed by atoms with Crippen molar-refractivity contribution >= 4 is 34.8 Å². The standard InChI is InChI=1S/C11H11Cl2N3O/c1-6(2-3-14)16-11(17)7-4-8(12)10(15)9(13)5-7/h4-6H,2,15H2,1H3,(H,16,17). The largest absolute Gasteiger partial charge is 0.396 e. The quantitative estimate of drug-likeness (QED) is 0.830. The van der Waals surface area contributed by atoms with Crippen LogP contribution in [0.1, 0.15) is 23.7 Å². The monoisotopic (exact) mass is 271 g/mol. The van der Waals surface area contributed by atoms with Gasteiger partial charge in [-0.15, -0.1) is 0 Å². The van der Waals surface area contributed by atoms with Crippen molar-refractivity contribution < 1.29 is 4.79 Å². The maximum absolute atomic E-state index is 11.8. The molecule has 0 spiro atoms. The molecular weight excluding hydrogens is 261 g/mol. The van der Waals surface area contributed by atoms with Gasteiger partial charge in [0.05, 0.1) is 28.2 Å². The maximum Gasteiger partial charge on any atom is 0.251 e. The number of hydrogen-bond donors (Lipinski definition) is 2. The van der Waals surface area contributed by atoms with Gasteiger partial charge in [-0.05, 0) is 19.1 Å². The van der Waals surface area contributed by atoms with E-state index in [2.05, 4.69) is 5.32 Å². The number of halogens is 2. The molecule has 0 bridgehead atoms. The molecule has 0 aliphatic rings. The second-order valence-electron chi connectivity index (χ2n) is 3.59. The second-order valence-corrected chi connectivity index (χ2v) is 4.40. The van der Waals surface area contributed by atoms with Gasteiger partial charge in [-0.1, -0.05) is 23.2 Å². The van der Waals surface area contributed by atoms with Gasteiger partial charge in [0.1, 0.15) is 0 Å². The van der Waals surface area contributed by atoms with Crippen LogP contribution in [0.2, 0.25) is 10.0 Å². The van der Waals surface area contributed by atoms with Crippen molar-refractivity contribution in [3.05, 3.63) is 27.7 Å². The summed E-state index contributed by atoms with van der Waals surface area (Å²) in [5, 5.41) is 11.6. The minimum Gasteiger partial charge on any atom is -0.396 e. The van der Waals surface area contributed by atoms with Gasteiger partial charge in [0.2, 0.25) is 0 Å². The SMILES string of the molecule is CC(CC#N)NC(=O)c1cc(Cl)c(N)c(Cl)c1.